The fraction of sp³-hybridized carbons (Fsp3) is 0.136. The minimum Gasteiger partial charge on any atom is -0.461 e. The van der Waals surface area contributed by atoms with Crippen molar-refractivity contribution >= 4 is 56.1 Å². The Hall–Kier alpha value is -6.54. The molecule has 0 aliphatic carbocycles. The molecule has 0 heterocycles. The van der Waals surface area contributed by atoms with Crippen molar-refractivity contribution in [2.24, 2.45) is 0 Å². The summed E-state index contributed by atoms with van der Waals surface area (Å²) < 4.78 is 11.0. The lowest BCUT2D eigenvalue weighted by Gasteiger charge is -2.23. The van der Waals surface area contributed by atoms with Gasteiger partial charge in [0.05, 0.1) is 6.42 Å². The highest BCUT2D eigenvalue weighted by Crippen LogP contribution is 2.36. The second kappa shape index (κ2) is 15.6. The first kappa shape index (κ1) is 33.9. The van der Waals surface area contributed by atoms with Gasteiger partial charge >= 0.3 is 11.9 Å². The number of nitrogens with one attached hydrogen (secondary N) is 2. The first-order valence-electron chi connectivity index (χ1n) is 17.1. The summed E-state index contributed by atoms with van der Waals surface area (Å²) in [6.07, 6.45) is -0.332. The molecule has 7 aromatic carbocycles. The van der Waals surface area contributed by atoms with Gasteiger partial charge in [-0.1, -0.05) is 140 Å². The molecule has 0 aliphatic rings. The monoisotopic (exact) mass is 688 g/mol. The van der Waals surface area contributed by atoms with E-state index >= 15 is 0 Å². The Morgan fingerprint density at radius 2 is 1.04 bits per heavy atom. The first-order chi connectivity index (χ1) is 25.4. The largest absolute Gasteiger partial charge is 0.461 e. The second-order valence-electron chi connectivity index (χ2n) is 12.7. The Balaban J connectivity index is 1.14. The molecule has 2 amide bonds. The number of carbonyl (C=O) groups excluding carboxylic acids is 4. The molecule has 0 unspecified atom stereocenters. The van der Waals surface area contributed by atoms with Crippen LogP contribution < -0.4 is 10.6 Å². The average molecular weight is 689 g/mol. The van der Waals surface area contributed by atoms with Crippen LogP contribution >= 0.6 is 0 Å². The van der Waals surface area contributed by atoms with E-state index in [2.05, 4.69) is 16.7 Å². The van der Waals surface area contributed by atoms with Gasteiger partial charge in [-0.2, -0.15) is 0 Å². The summed E-state index contributed by atoms with van der Waals surface area (Å²) in [4.78, 5) is 54.7. The molecule has 0 aliphatic heterocycles. The van der Waals surface area contributed by atoms with E-state index in [1.165, 1.54) is 0 Å². The highest BCUT2D eigenvalue weighted by Gasteiger charge is 2.31. The van der Waals surface area contributed by atoms with Crippen LogP contribution in [0.4, 0.5) is 0 Å². The molecule has 0 spiro atoms. The maximum Gasteiger partial charge on any atom is 0.329 e. The lowest BCUT2D eigenvalue weighted by atomic mass is 9.91. The van der Waals surface area contributed by atoms with E-state index in [9.17, 15) is 19.2 Å². The Kier molecular flexibility index (Phi) is 10.2. The van der Waals surface area contributed by atoms with Gasteiger partial charge in [-0.15, -0.1) is 0 Å². The second-order valence-corrected chi connectivity index (χ2v) is 12.7. The van der Waals surface area contributed by atoms with Crippen LogP contribution in [0.3, 0.4) is 0 Å². The molecule has 0 saturated carbocycles. The minimum absolute atomic E-state index is 0.00537. The molecule has 258 valence electrons. The standard InChI is InChI=1S/C44H36N2O6/c47-39(51-27-30-13-6-2-7-14-30)26-38(44(50)52-28-31-15-8-3-9-16-31)46-43(49)37(25-29-11-4-1-5-12-29)45-42(48)36-24-22-34-20-19-32-17-10-18-33-21-23-35(36)41(34)40(32)33/h1-24,37-38H,25-28H2,(H,45,48)(H,46,49)/t37-,38-/m0/s1. The number of hydrogen-bond acceptors (Lipinski definition) is 6. The first-order valence-corrected chi connectivity index (χ1v) is 17.1. The van der Waals surface area contributed by atoms with Gasteiger partial charge in [-0.25, -0.2) is 4.79 Å². The number of esters is 2. The van der Waals surface area contributed by atoms with Crippen LogP contribution in [-0.4, -0.2) is 35.8 Å². The molecule has 0 bridgehead atoms. The van der Waals surface area contributed by atoms with Crippen molar-refractivity contribution in [3.63, 3.8) is 0 Å². The fourth-order valence-electron chi connectivity index (χ4n) is 6.49. The SMILES string of the molecule is O=C(C[C@H](NC(=O)[C@H](Cc1ccccc1)NC(=O)c1ccc2ccc3cccc4ccc1c2c34)C(=O)OCc1ccccc1)OCc1ccccc1. The molecule has 8 nitrogen and oxygen atoms in total. The normalized spacial score (nSPS) is 12.3. The van der Waals surface area contributed by atoms with Crippen molar-refractivity contribution in [3.05, 3.63) is 168 Å². The number of amides is 2. The topological polar surface area (TPSA) is 111 Å². The lowest BCUT2D eigenvalue weighted by molar-refractivity contribution is -0.155. The van der Waals surface area contributed by atoms with E-state index in [0.717, 1.165) is 49.0 Å². The summed E-state index contributed by atoms with van der Waals surface area (Å²) >= 11 is 0. The minimum atomic E-state index is -1.37. The molecular formula is C44H36N2O6. The van der Waals surface area contributed by atoms with Gasteiger partial charge in [-0.05, 0) is 55.1 Å². The van der Waals surface area contributed by atoms with Crippen molar-refractivity contribution in [2.75, 3.05) is 0 Å². The van der Waals surface area contributed by atoms with Crippen molar-refractivity contribution in [2.45, 2.75) is 38.1 Å². The molecule has 7 rings (SSSR count). The summed E-state index contributed by atoms with van der Waals surface area (Å²) in [6, 6.07) is 42.9. The van der Waals surface area contributed by atoms with Gasteiger partial charge in [-0.3, -0.25) is 14.4 Å². The summed E-state index contributed by atoms with van der Waals surface area (Å²) in [5.41, 5.74) is 2.74. The molecular weight excluding hydrogens is 652 g/mol. The molecule has 0 fully saturated rings. The van der Waals surface area contributed by atoms with Crippen LogP contribution in [0.1, 0.15) is 33.5 Å². The van der Waals surface area contributed by atoms with Gasteiger partial charge in [0.2, 0.25) is 5.91 Å². The average Bonchev–Trinajstić information content (AvgIpc) is 3.18. The van der Waals surface area contributed by atoms with Gasteiger partial charge < -0.3 is 20.1 Å². The third kappa shape index (κ3) is 7.76. The predicted molar refractivity (Wildman–Crippen MR) is 201 cm³/mol. The summed E-state index contributed by atoms with van der Waals surface area (Å²) in [5, 5.41) is 11.6. The van der Waals surface area contributed by atoms with Gasteiger partial charge in [0.15, 0.2) is 0 Å². The van der Waals surface area contributed by atoms with Crippen LogP contribution in [0.15, 0.2) is 146 Å². The molecule has 52 heavy (non-hydrogen) atoms. The Morgan fingerprint density at radius 1 is 0.500 bits per heavy atom. The molecule has 2 atom stereocenters. The zero-order valence-corrected chi connectivity index (χ0v) is 28.3. The summed E-state index contributed by atoms with van der Waals surface area (Å²) in [6.45, 7) is -0.0463. The number of carbonyl (C=O) groups is 4. The maximum absolute atomic E-state index is 14.1. The Labute approximate surface area is 300 Å². The van der Waals surface area contributed by atoms with Crippen molar-refractivity contribution in [3.8, 4) is 0 Å². The number of benzene rings is 7. The Bertz CT molecular complexity index is 2330. The van der Waals surface area contributed by atoms with Gasteiger partial charge in [0, 0.05) is 12.0 Å². The van der Waals surface area contributed by atoms with Gasteiger partial charge in [0.25, 0.3) is 5.91 Å². The van der Waals surface area contributed by atoms with Crippen LogP contribution in [0.25, 0.3) is 32.3 Å². The number of rotatable bonds is 13. The van der Waals surface area contributed by atoms with Crippen molar-refractivity contribution in [1.82, 2.24) is 10.6 Å². The predicted octanol–water partition coefficient (Wildman–Crippen LogP) is 7.29. The number of ether oxygens (including phenoxy) is 2. The smallest absolute Gasteiger partial charge is 0.329 e. The molecule has 0 aromatic heterocycles. The molecule has 2 N–H and O–H groups in total. The zero-order valence-electron chi connectivity index (χ0n) is 28.3. The zero-order chi connectivity index (χ0) is 35.9. The van der Waals surface area contributed by atoms with Crippen molar-refractivity contribution in [1.29, 1.82) is 0 Å². The van der Waals surface area contributed by atoms with Crippen LogP contribution in [0.2, 0.25) is 0 Å². The van der Waals surface area contributed by atoms with Crippen LogP contribution in [-0.2, 0) is 43.5 Å². The third-order valence-electron chi connectivity index (χ3n) is 9.12. The number of hydrogen-bond donors (Lipinski definition) is 2. The quantitative estimate of drug-likeness (QED) is 0.0973. The van der Waals surface area contributed by atoms with E-state index in [0.29, 0.717) is 5.56 Å². The lowest BCUT2D eigenvalue weighted by Crippen LogP contribution is -2.53. The van der Waals surface area contributed by atoms with E-state index in [4.69, 9.17) is 9.47 Å². The fourth-order valence-corrected chi connectivity index (χ4v) is 6.49. The van der Waals surface area contributed by atoms with E-state index in [-0.39, 0.29) is 19.6 Å². The highest BCUT2D eigenvalue weighted by atomic mass is 16.5. The summed E-state index contributed by atoms with van der Waals surface area (Å²) in [7, 11) is 0. The van der Waals surface area contributed by atoms with Gasteiger partial charge in [0.1, 0.15) is 25.3 Å². The summed E-state index contributed by atoms with van der Waals surface area (Å²) in [5.74, 6) is -2.58. The molecule has 7 aromatic rings. The van der Waals surface area contributed by atoms with E-state index < -0.39 is 42.3 Å². The third-order valence-corrected chi connectivity index (χ3v) is 9.12. The Morgan fingerprint density at radius 3 is 1.67 bits per heavy atom. The maximum atomic E-state index is 14.1. The van der Waals surface area contributed by atoms with Crippen LogP contribution in [0, 0.1) is 0 Å². The molecule has 0 saturated heterocycles. The van der Waals surface area contributed by atoms with E-state index in [1.54, 1.807) is 18.2 Å². The van der Waals surface area contributed by atoms with Crippen LogP contribution in [0.5, 0.6) is 0 Å². The molecule has 0 radical (unpaired) electrons. The van der Waals surface area contributed by atoms with E-state index in [1.807, 2.05) is 121 Å². The van der Waals surface area contributed by atoms with Crippen molar-refractivity contribution < 1.29 is 28.7 Å². The highest BCUT2D eigenvalue weighted by molar-refractivity contribution is 6.26. The molecule has 8 heteroatoms.